The second-order valence-corrected chi connectivity index (χ2v) is 8.19. The van der Waals surface area contributed by atoms with Crippen LogP contribution in [0.1, 0.15) is 36.8 Å². The highest BCUT2D eigenvalue weighted by Crippen LogP contribution is 2.32. The third kappa shape index (κ3) is 3.53. The largest absolute Gasteiger partial charge is 0.491 e. The number of hydrogen-bond donors (Lipinski definition) is 0. The number of benzene rings is 1. The molecule has 2 amide bonds. The molecule has 0 spiro atoms. The molecule has 0 aliphatic carbocycles. The zero-order valence-electron chi connectivity index (χ0n) is 15.4. The van der Waals surface area contributed by atoms with Crippen molar-refractivity contribution in [3.8, 4) is 5.75 Å². The first kappa shape index (κ1) is 17.9. The fourth-order valence-electron chi connectivity index (χ4n) is 3.40. The molecule has 0 saturated carbocycles. The fraction of sp³-hybridized carbons (Fsp3) is 0.474. The maximum atomic E-state index is 13.1. The van der Waals surface area contributed by atoms with Gasteiger partial charge in [-0.1, -0.05) is 43.4 Å². The van der Waals surface area contributed by atoms with Crippen LogP contribution in [0, 0.1) is 5.92 Å². The van der Waals surface area contributed by atoms with Gasteiger partial charge in [-0.25, -0.2) is 0 Å². The lowest BCUT2D eigenvalue weighted by molar-refractivity contribution is -0.136. The minimum Gasteiger partial charge on any atom is -0.491 e. The normalized spacial score (nSPS) is 19.8. The maximum absolute atomic E-state index is 13.1. The Balaban J connectivity index is 1.47. The smallest absolute Gasteiger partial charge is 0.229 e. The molecule has 2 aromatic rings. The summed E-state index contributed by atoms with van der Waals surface area (Å²) in [6.07, 6.45) is 0.217. The van der Waals surface area contributed by atoms with E-state index in [1.54, 1.807) is 9.80 Å². The number of carbonyl (C=O) groups is 2. The van der Waals surface area contributed by atoms with Crippen LogP contribution in [-0.4, -0.2) is 46.6 Å². The second-order valence-electron chi connectivity index (χ2n) is 7.20. The van der Waals surface area contributed by atoms with Crippen LogP contribution in [0.2, 0.25) is 0 Å². The molecule has 3 heterocycles. The molecule has 0 N–H and O–H groups in total. The molecule has 2 aliphatic heterocycles. The van der Waals surface area contributed by atoms with Crippen molar-refractivity contribution in [1.82, 2.24) is 15.1 Å². The molecule has 7 nitrogen and oxygen atoms in total. The van der Waals surface area contributed by atoms with Crippen LogP contribution in [0.25, 0.3) is 0 Å². The van der Waals surface area contributed by atoms with E-state index in [1.807, 2.05) is 38.1 Å². The lowest BCUT2D eigenvalue weighted by Crippen LogP contribution is -2.38. The number of aromatic nitrogens is 2. The highest BCUT2D eigenvalue weighted by atomic mass is 32.1. The molecule has 0 radical (unpaired) electrons. The molecule has 1 aromatic carbocycles. The van der Waals surface area contributed by atoms with Gasteiger partial charge in [-0.05, 0) is 6.07 Å². The summed E-state index contributed by atoms with van der Waals surface area (Å²) in [5.74, 6) is 0.677. The van der Waals surface area contributed by atoms with Crippen LogP contribution in [0.5, 0.6) is 5.75 Å². The molecule has 8 heteroatoms. The molecular weight excluding hydrogens is 364 g/mol. The molecule has 2 aliphatic rings. The number of hydrogen-bond acceptors (Lipinski definition) is 6. The van der Waals surface area contributed by atoms with E-state index in [0.29, 0.717) is 31.4 Å². The van der Waals surface area contributed by atoms with Crippen LogP contribution < -0.4 is 9.64 Å². The van der Waals surface area contributed by atoms with Crippen molar-refractivity contribution in [2.75, 3.05) is 24.6 Å². The van der Waals surface area contributed by atoms with Gasteiger partial charge in [0.1, 0.15) is 17.4 Å². The van der Waals surface area contributed by atoms with Crippen LogP contribution in [0.4, 0.5) is 5.13 Å². The number of rotatable bonds is 3. The zero-order valence-corrected chi connectivity index (χ0v) is 16.2. The molecule has 1 atom stereocenters. The van der Waals surface area contributed by atoms with Gasteiger partial charge in [0, 0.05) is 31.0 Å². The monoisotopic (exact) mass is 386 g/mol. The van der Waals surface area contributed by atoms with E-state index in [4.69, 9.17) is 4.74 Å². The average molecular weight is 386 g/mol. The van der Waals surface area contributed by atoms with Crippen molar-refractivity contribution in [1.29, 1.82) is 0 Å². The second kappa shape index (κ2) is 7.26. The van der Waals surface area contributed by atoms with Gasteiger partial charge in [-0.3, -0.25) is 14.5 Å². The maximum Gasteiger partial charge on any atom is 0.229 e. The van der Waals surface area contributed by atoms with Crippen molar-refractivity contribution in [3.63, 3.8) is 0 Å². The first-order valence-electron chi connectivity index (χ1n) is 9.16. The summed E-state index contributed by atoms with van der Waals surface area (Å²) < 4.78 is 5.74. The topological polar surface area (TPSA) is 75.6 Å². The number of anilines is 1. The highest BCUT2D eigenvalue weighted by molar-refractivity contribution is 7.15. The quantitative estimate of drug-likeness (QED) is 0.810. The van der Waals surface area contributed by atoms with Crippen LogP contribution in [0.15, 0.2) is 24.3 Å². The van der Waals surface area contributed by atoms with E-state index in [0.717, 1.165) is 16.3 Å². The number of carbonyl (C=O) groups excluding carboxylic acids is 2. The SMILES string of the molecule is CC(C)c1nnc(N2CC(C(=O)N3CCOc4ccccc4C3)CC2=O)s1. The third-order valence-electron chi connectivity index (χ3n) is 4.89. The van der Waals surface area contributed by atoms with Gasteiger partial charge < -0.3 is 9.64 Å². The van der Waals surface area contributed by atoms with Gasteiger partial charge >= 0.3 is 0 Å². The van der Waals surface area contributed by atoms with Crippen molar-refractivity contribution in [3.05, 3.63) is 34.8 Å². The van der Waals surface area contributed by atoms with Crippen molar-refractivity contribution < 1.29 is 14.3 Å². The van der Waals surface area contributed by atoms with E-state index < -0.39 is 0 Å². The van der Waals surface area contributed by atoms with Gasteiger partial charge in [-0.15, -0.1) is 10.2 Å². The Labute approximate surface area is 161 Å². The Hall–Kier alpha value is -2.48. The number of nitrogens with zero attached hydrogens (tertiary/aromatic N) is 4. The lowest BCUT2D eigenvalue weighted by atomic mass is 10.1. The molecule has 142 valence electrons. The first-order chi connectivity index (χ1) is 13.0. The molecule has 1 aromatic heterocycles. The molecule has 4 rings (SSSR count). The van der Waals surface area contributed by atoms with Crippen LogP contribution >= 0.6 is 11.3 Å². The predicted octanol–water partition coefficient (Wildman–Crippen LogP) is 2.44. The van der Waals surface area contributed by atoms with Gasteiger partial charge in [-0.2, -0.15) is 0 Å². The van der Waals surface area contributed by atoms with E-state index in [2.05, 4.69) is 10.2 Å². The van der Waals surface area contributed by atoms with Gasteiger partial charge in [0.25, 0.3) is 0 Å². The van der Waals surface area contributed by atoms with Crippen LogP contribution in [-0.2, 0) is 16.1 Å². The Morgan fingerprint density at radius 3 is 2.89 bits per heavy atom. The van der Waals surface area contributed by atoms with E-state index in [9.17, 15) is 9.59 Å². The summed E-state index contributed by atoms with van der Waals surface area (Å²) in [7, 11) is 0. The first-order valence-corrected chi connectivity index (χ1v) is 9.98. The summed E-state index contributed by atoms with van der Waals surface area (Å²) in [4.78, 5) is 28.9. The Morgan fingerprint density at radius 2 is 2.11 bits per heavy atom. The Kier molecular flexibility index (Phi) is 4.82. The number of para-hydroxylation sites is 1. The predicted molar refractivity (Wildman–Crippen MR) is 102 cm³/mol. The van der Waals surface area contributed by atoms with Gasteiger partial charge in [0.05, 0.1) is 12.5 Å². The van der Waals surface area contributed by atoms with E-state index in [1.165, 1.54) is 11.3 Å². The standard InChI is InChI=1S/C19H22N4O3S/c1-12(2)17-20-21-19(27-17)23-11-14(9-16(23)24)18(25)22-7-8-26-15-6-4-3-5-13(15)10-22/h3-6,12,14H,7-11H2,1-2H3. The molecular formula is C19H22N4O3S. The van der Waals surface area contributed by atoms with Crippen molar-refractivity contribution in [2.45, 2.75) is 32.7 Å². The molecule has 27 heavy (non-hydrogen) atoms. The Bertz CT molecular complexity index is 866. The van der Waals surface area contributed by atoms with Gasteiger partial charge in [0.15, 0.2) is 0 Å². The molecule has 1 saturated heterocycles. The zero-order chi connectivity index (χ0) is 19.0. The number of fused-ring (bicyclic) bond motifs is 1. The third-order valence-corrected chi connectivity index (χ3v) is 6.14. The molecule has 1 unspecified atom stereocenters. The van der Waals surface area contributed by atoms with Crippen molar-refractivity contribution >= 4 is 28.3 Å². The van der Waals surface area contributed by atoms with E-state index >= 15 is 0 Å². The fourth-order valence-corrected chi connectivity index (χ4v) is 4.27. The number of amides is 2. The Morgan fingerprint density at radius 1 is 1.30 bits per heavy atom. The minimum absolute atomic E-state index is 0.000230. The summed E-state index contributed by atoms with van der Waals surface area (Å²) in [6, 6.07) is 7.77. The average Bonchev–Trinajstić information content (AvgIpc) is 3.22. The minimum atomic E-state index is -0.353. The lowest BCUT2D eigenvalue weighted by Gasteiger charge is -2.23. The molecule has 1 fully saturated rings. The number of ether oxygens (including phenoxy) is 1. The molecule has 0 bridgehead atoms. The summed E-state index contributed by atoms with van der Waals surface area (Å²) in [5.41, 5.74) is 0.996. The van der Waals surface area contributed by atoms with Crippen LogP contribution in [0.3, 0.4) is 0 Å². The highest BCUT2D eigenvalue weighted by Gasteiger charge is 2.39. The van der Waals surface area contributed by atoms with E-state index in [-0.39, 0.29) is 30.1 Å². The summed E-state index contributed by atoms with van der Waals surface area (Å²) >= 11 is 1.42. The van der Waals surface area contributed by atoms with Crippen molar-refractivity contribution in [2.24, 2.45) is 5.92 Å². The van der Waals surface area contributed by atoms with Gasteiger partial charge in [0.2, 0.25) is 16.9 Å². The summed E-state index contributed by atoms with van der Waals surface area (Å²) in [5, 5.41) is 9.79. The summed E-state index contributed by atoms with van der Waals surface area (Å²) in [6.45, 7) is 5.94.